The van der Waals surface area contributed by atoms with Crippen molar-refractivity contribution >= 4 is 5.97 Å². The normalized spacial score (nSPS) is 10.9. The van der Waals surface area contributed by atoms with Crippen molar-refractivity contribution in [2.24, 2.45) is 0 Å². The van der Waals surface area contributed by atoms with Crippen LogP contribution in [0.1, 0.15) is 38.6 Å². The van der Waals surface area contributed by atoms with Crippen LogP contribution in [0, 0.1) is 20.8 Å². The van der Waals surface area contributed by atoms with E-state index in [0.29, 0.717) is 18.8 Å². The molecule has 0 unspecified atom stereocenters. The van der Waals surface area contributed by atoms with Crippen molar-refractivity contribution in [3.05, 3.63) is 58.2 Å². The summed E-state index contributed by atoms with van der Waals surface area (Å²) in [7, 11) is 1.52. The molecule has 8 nitrogen and oxygen atoms in total. The van der Waals surface area contributed by atoms with E-state index in [1.54, 1.807) is 16.8 Å². The highest BCUT2D eigenvalue weighted by molar-refractivity contribution is 5.88. The number of carboxylic acid groups (broad SMARTS) is 1. The SMILES string of the molecule is COc1cc(C(=O)O)ccc1Cn1cc(Cn2nc(C)c(C)c2C)nn1. The van der Waals surface area contributed by atoms with Gasteiger partial charge < -0.3 is 9.84 Å². The first-order chi connectivity index (χ1) is 12.4. The van der Waals surface area contributed by atoms with Crippen molar-refractivity contribution in [2.45, 2.75) is 33.9 Å². The van der Waals surface area contributed by atoms with Gasteiger partial charge in [0.25, 0.3) is 0 Å². The Morgan fingerprint density at radius 2 is 2.00 bits per heavy atom. The average Bonchev–Trinajstić information content (AvgIpc) is 3.15. The number of aryl methyl sites for hydroxylation is 1. The van der Waals surface area contributed by atoms with Gasteiger partial charge in [0.2, 0.25) is 0 Å². The summed E-state index contributed by atoms with van der Waals surface area (Å²) in [5, 5.41) is 22.0. The predicted octanol–water partition coefficient (Wildman–Crippen LogP) is 2.20. The summed E-state index contributed by atoms with van der Waals surface area (Å²) in [6.07, 6.45) is 1.86. The van der Waals surface area contributed by atoms with Crippen molar-refractivity contribution in [3.8, 4) is 5.75 Å². The molecule has 0 bridgehead atoms. The lowest BCUT2D eigenvalue weighted by Crippen LogP contribution is -2.05. The highest BCUT2D eigenvalue weighted by Crippen LogP contribution is 2.21. The number of aromatic carboxylic acids is 1. The molecule has 8 heteroatoms. The first-order valence-corrected chi connectivity index (χ1v) is 8.19. The minimum absolute atomic E-state index is 0.185. The van der Waals surface area contributed by atoms with Gasteiger partial charge in [0, 0.05) is 11.3 Å². The Morgan fingerprint density at radius 3 is 2.62 bits per heavy atom. The van der Waals surface area contributed by atoms with Crippen molar-refractivity contribution in [2.75, 3.05) is 7.11 Å². The summed E-state index contributed by atoms with van der Waals surface area (Å²) in [6.45, 7) is 7.07. The van der Waals surface area contributed by atoms with Crippen LogP contribution in [0.15, 0.2) is 24.4 Å². The molecule has 0 saturated heterocycles. The quantitative estimate of drug-likeness (QED) is 0.728. The van der Waals surface area contributed by atoms with Crippen LogP contribution in [-0.4, -0.2) is 43.0 Å². The Morgan fingerprint density at radius 1 is 1.23 bits per heavy atom. The van der Waals surface area contributed by atoms with Gasteiger partial charge >= 0.3 is 5.97 Å². The molecular weight excluding hydrogens is 334 g/mol. The number of carbonyl (C=O) groups is 1. The second-order valence-corrected chi connectivity index (χ2v) is 6.19. The molecule has 0 aliphatic carbocycles. The van der Waals surface area contributed by atoms with E-state index in [9.17, 15) is 4.79 Å². The fourth-order valence-corrected chi connectivity index (χ4v) is 2.76. The Labute approximate surface area is 151 Å². The third-order valence-corrected chi connectivity index (χ3v) is 4.51. The Hall–Kier alpha value is -3.16. The predicted molar refractivity (Wildman–Crippen MR) is 94.6 cm³/mol. The molecule has 2 heterocycles. The number of hydrogen-bond acceptors (Lipinski definition) is 5. The summed E-state index contributed by atoms with van der Waals surface area (Å²) in [6, 6.07) is 4.79. The largest absolute Gasteiger partial charge is 0.496 e. The van der Waals surface area contributed by atoms with Crippen LogP contribution in [0.5, 0.6) is 5.75 Å². The molecule has 2 aromatic heterocycles. The van der Waals surface area contributed by atoms with Gasteiger partial charge in [0.1, 0.15) is 11.4 Å². The van der Waals surface area contributed by atoms with Crippen molar-refractivity contribution in [1.82, 2.24) is 24.8 Å². The molecule has 0 spiro atoms. The van der Waals surface area contributed by atoms with Crippen molar-refractivity contribution < 1.29 is 14.6 Å². The number of aromatic nitrogens is 5. The fraction of sp³-hybridized carbons (Fsp3) is 0.333. The number of ether oxygens (including phenoxy) is 1. The van der Waals surface area contributed by atoms with Gasteiger partial charge in [-0.15, -0.1) is 5.10 Å². The summed E-state index contributed by atoms with van der Waals surface area (Å²) in [4.78, 5) is 11.1. The molecule has 0 aliphatic rings. The number of benzene rings is 1. The fourth-order valence-electron chi connectivity index (χ4n) is 2.76. The van der Waals surface area contributed by atoms with Crippen LogP contribution in [0.25, 0.3) is 0 Å². The number of rotatable bonds is 6. The van der Waals surface area contributed by atoms with E-state index in [1.165, 1.54) is 18.7 Å². The lowest BCUT2D eigenvalue weighted by atomic mass is 10.1. The van der Waals surface area contributed by atoms with Gasteiger partial charge in [-0.05, 0) is 38.5 Å². The maximum atomic E-state index is 11.1. The second kappa shape index (κ2) is 6.99. The van der Waals surface area contributed by atoms with Gasteiger partial charge in [0.15, 0.2) is 0 Å². The number of carboxylic acids is 1. The molecule has 0 aliphatic heterocycles. The molecular formula is C18H21N5O3. The zero-order valence-corrected chi connectivity index (χ0v) is 15.2. The molecule has 0 atom stereocenters. The molecule has 3 rings (SSSR count). The van der Waals surface area contributed by atoms with Crippen LogP contribution < -0.4 is 4.74 Å². The zero-order valence-electron chi connectivity index (χ0n) is 15.2. The highest BCUT2D eigenvalue weighted by Gasteiger charge is 2.12. The van der Waals surface area contributed by atoms with Crippen LogP contribution in [0.4, 0.5) is 0 Å². The maximum Gasteiger partial charge on any atom is 0.335 e. The van der Waals surface area contributed by atoms with Crippen LogP contribution in [-0.2, 0) is 13.1 Å². The van der Waals surface area contributed by atoms with Crippen LogP contribution in [0.2, 0.25) is 0 Å². The lowest BCUT2D eigenvalue weighted by Gasteiger charge is -2.09. The molecule has 26 heavy (non-hydrogen) atoms. The van der Waals surface area contributed by atoms with Crippen molar-refractivity contribution in [3.63, 3.8) is 0 Å². The number of nitrogens with zero attached hydrogens (tertiary/aromatic N) is 5. The van der Waals surface area contributed by atoms with Gasteiger partial charge in [0.05, 0.1) is 37.7 Å². The van der Waals surface area contributed by atoms with E-state index in [0.717, 1.165) is 22.6 Å². The number of methoxy groups -OCH3 is 1. The molecule has 0 amide bonds. The molecule has 1 aromatic carbocycles. The summed E-state index contributed by atoms with van der Waals surface area (Å²) >= 11 is 0. The van der Waals surface area contributed by atoms with Gasteiger partial charge in [-0.25, -0.2) is 9.48 Å². The molecule has 0 fully saturated rings. The average molecular weight is 355 g/mol. The number of hydrogen-bond donors (Lipinski definition) is 1. The van der Waals surface area contributed by atoms with Crippen LogP contribution in [0.3, 0.4) is 0 Å². The van der Waals surface area contributed by atoms with E-state index in [2.05, 4.69) is 22.3 Å². The standard InChI is InChI=1S/C18H21N5O3/c1-11-12(2)20-23(13(11)3)10-16-9-22(21-19-16)8-15-6-5-14(18(24)25)7-17(15)26-4/h5-7,9H,8,10H2,1-4H3,(H,24,25). The van der Waals surface area contributed by atoms with E-state index < -0.39 is 5.97 Å². The van der Waals surface area contributed by atoms with Crippen LogP contribution >= 0.6 is 0 Å². The van der Waals surface area contributed by atoms with Gasteiger partial charge in [-0.2, -0.15) is 5.10 Å². The second-order valence-electron chi connectivity index (χ2n) is 6.19. The minimum atomic E-state index is -0.988. The molecule has 0 saturated carbocycles. The monoisotopic (exact) mass is 355 g/mol. The van der Waals surface area contributed by atoms with E-state index >= 15 is 0 Å². The summed E-state index contributed by atoms with van der Waals surface area (Å²) in [5.74, 6) is -0.478. The van der Waals surface area contributed by atoms with Crippen molar-refractivity contribution in [1.29, 1.82) is 0 Å². The molecule has 0 radical (unpaired) electrons. The third kappa shape index (κ3) is 3.44. The summed E-state index contributed by atoms with van der Waals surface area (Å²) in [5.41, 5.74) is 5.12. The zero-order chi connectivity index (χ0) is 18.8. The third-order valence-electron chi connectivity index (χ3n) is 4.51. The molecule has 1 N–H and O–H groups in total. The molecule has 136 valence electrons. The topological polar surface area (TPSA) is 95.1 Å². The smallest absolute Gasteiger partial charge is 0.335 e. The van der Waals surface area contributed by atoms with Gasteiger partial charge in [-0.1, -0.05) is 11.3 Å². The van der Waals surface area contributed by atoms with Gasteiger partial charge in [-0.3, -0.25) is 4.68 Å². The maximum absolute atomic E-state index is 11.1. The Bertz CT molecular complexity index is 958. The first kappa shape index (κ1) is 17.7. The summed E-state index contributed by atoms with van der Waals surface area (Å²) < 4.78 is 8.92. The highest BCUT2D eigenvalue weighted by atomic mass is 16.5. The van der Waals surface area contributed by atoms with E-state index in [4.69, 9.17) is 9.84 Å². The Kier molecular flexibility index (Phi) is 4.75. The van der Waals surface area contributed by atoms with E-state index in [-0.39, 0.29) is 5.56 Å². The lowest BCUT2D eigenvalue weighted by molar-refractivity contribution is 0.0696. The van der Waals surface area contributed by atoms with E-state index in [1.807, 2.05) is 24.7 Å². The first-order valence-electron chi connectivity index (χ1n) is 8.19. The Balaban J connectivity index is 1.78. The molecule has 3 aromatic rings. The minimum Gasteiger partial charge on any atom is -0.496 e.